The Hall–Kier alpha value is -1.23. The second-order valence-corrected chi connectivity index (χ2v) is 4.87. The molecule has 114 valence electrons. The molecule has 0 heterocycles. The van der Waals surface area contributed by atoms with Gasteiger partial charge in [0.2, 0.25) is 0 Å². The summed E-state index contributed by atoms with van der Waals surface area (Å²) in [5, 5.41) is 3.23. The number of nitrogens with one attached hydrogen (secondary N) is 1. The number of ether oxygens (including phenoxy) is 1. The Balaban J connectivity index is 2.30. The first kappa shape index (κ1) is 16.8. The molecule has 20 heavy (non-hydrogen) atoms. The van der Waals surface area contributed by atoms with E-state index in [1.54, 1.807) is 0 Å². The minimum absolute atomic E-state index is 0.0631. The van der Waals surface area contributed by atoms with Crippen molar-refractivity contribution in [2.24, 2.45) is 0 Å². The minimum atomic E-state index is -4.05. The topological polar surface area (TPSA) is 21.3 Å². The highest BCUT2D eigenvalue weighted by Crippen LogP contribution is 2.22. The number of hydrogen-bond acceptors (Lipinski definition) is 2. The molecule has 0 aliphatic carbocycles. The summed E-state index contributed by atoms with van der Waals surface area (Å²) in [6, 6.07) is 7.78. The van der Waals surface area contributed by atoms with Crippen molar-refractivity contribution in [3.63, 3.8) is 0 Å². The van der Waals surface area contributed by atoms with Crippen LogP contribution in [0.25, 0.3) is 0 Å². The van der Waals surface area contributed by atoms with Gasteiger partial charge in [0.25, 0.3) is 0 Å². The molecule has 0 amide bonds. The summed E-state index contributed by atoms with van der Waals surface area (Å²) in [7, 11) is 0. The lowest BCUT2D eigenvalue weighted by atomic mass is 10.1. The molecule has 1 rings (SSSR count). The van der Waals surface area contributed by atoms with Crippen LogP contribution in [0.4, 0.5) is 13.2 Å². The number of rotatable bonds is 8. The van der Waals surface area contributed by atoms with Crippen molar-refractivity contribution in [1.29, 1.82) is 0 Å². The molecule has 1 aromatic rings. The van der Waals surface area contributed by atoms with Crippen molar-refractivity contribution in [3.8, 4) is 5.75 Å². The van der Waals surface area contributed by atoms with E-state index >= 15 is 0 Å². The summed E-state index contributed by atoms with van der Waals surface area (Å²) < 4.78 is 41.5. The van der Waals surface area contributed by atoms with E-state index in [2.05, 4.69) is 5.32 Å². The third-order valence-corrected chi connectivity index (χ3v) is 2.96. The number of hydrogen-bond donors (Lipinski definition) is 1. The highest BCUT2D eigenvalue weighted by molar-refractivity contribution is 5.28. The van der Waals surface area contributed by atoms with E-state index in [0.29, 0.717) is 19.6 Å². The molecular formula is C15H22F3NO. The first-order chi connectivity index (χ1) is 9.40. The van der Waals surface area contributed by atoms with Crippen molar-refractivity contribution >= 4 is 0 Å². The molecule has 1 N–H and O–H groups in total. The third-order valence-electron chi connectivity index (χ3n) is 2.96. The summed E-state index contributed by atoms with van der Waals surface area (Å²) in [5.74, 6) is 0.816. The zero-order chi connectivity index (χ0) is 15.0. The minimum Gasteiger partial charge on any atom is -0.494 e. The zero-order valence-corrected chi connectivity index (χ0v) is 12.0. The van der Waals surface area contributed by atoms with Crippen LogP contribution >= 0.6 is 0 Å². The molecule has 0 saturated carbocycles. The summed E-state index contributed by atoms with van der Waals surface area (Å²) in [5.41, 5.74) is 1.07. The fourth-order valence-corrected chi connectivity index (χ4v) is 1.91. The van der Waals surface area contributed by atoms with Crippen molar-refractivity contribution < 1.29 is 17.9 Å². The van der Waals surface area contributed by atoms with E-state index in [0.717, 1.165) is 11.3 Å². The molecule has 0 spiro atoms. The Labute approximate surface area is 118 Å². The van der Waals surface area contributed by atoms with Gasteiger partial charge in [-0.05, 0) is 44.4 Å². The van der Waals surface area contributed by atoms with Gasteiger partial charge < -0.3 is 10.1 Å². The Morgan fingerprint density at radius 2 is 2.05 bits per heavy atom. The number of alkyl halides is 3. The molecule has 1 aromatic carbocycles. The van der Waals surface area contributed by atoms with Crippen molar-refractivity contribution in [2.75, 3.05) is 6.61 Å². The fourth-order valence-electron chi connectivity index (χ4n) is 1.91. The number of halogens is 3. The normalized spacial score (nSPS) is 13.2. The molecule has 0 bridgehead atoms. The van der Waals surface area contributed by atoms with Gasteiger partial charge in [0.15, 0.2) is 0 Å². The van der Waals surface area contributed by atoms with Gasteiger partial charge in [-0.3, -0.25) is 0 Å². The summed E-state index contributed by atoms with van der Waals surface area (Å²) in [6.07, 6.45) is -4.08. The maximum absolute atomic E-state index is 12.0. The molecule has 0 radical (unpaired) electrons. The Morgan fingerprint density at radius 1 is 1.30 bits per heavy atom. The van der Waals surface area contributed by atoms with Gasteiger partial charge in [-0.2, -0.15) is 13.2 Å². The Morgan fingerprint density at radius 3 is 2.70 bits per heavy atom. The first-order valence-electron chi connectivity index (χ1n) is 6.92. The predicted octanol–water partition coefficient (Wildman–Crippen LogP) is 4.30. The van der Waals surface area contributed by atoms with Gasteiger partial charge in [-0.25, -0.2) is 0 Å². The van der Waals surface area contributed by atoms with Crippen LogP contribution in [-0.2, 0) is 6.54 Å². The van der Waals surface area contributed by atoms with Crippen LogP contribution < -0.4 is 10.1 Å². The highest BCUT2D eigenvalue weighted by atomic mass is 19.4. The molecule has 0 fully saturated rings. The third kappa shape index (κ3) is 7.38. The van der Waals surface area contributed by atoms with E-state index in [4.69, 9.17) is 4.74 Å². The highest BCUT2D eigenvalue weighted by Gasteiger charge is 2.26. The van der Waals surface area contributed by atoms with E-state index in [1.165, 1.54) is 0 Å². The second kappa shape index (κ2) is 8.15. The van der Waals surface area contributed by atoms with Gasteiger partial charge in [-0.15, -0.1) is 0 Å². The van der Waals surface area contributed by atoms with E-state index in [1.807, 2.05) is 38.1 Å². The van der Waals surface area contributed by atoms with E-state index < -0.39 is 12.6 Å². The van der Waals surface area contributed by atoms with Gasteiger partial charge in [0.05, 0.1) is 6.61 Å². The van der Waals surface area contributed by atoms with Crippen LogP contribution in [0.3, 0.4) is 0 Å². The van der Waals surface area contributed by atoms with Crippen LogP contribution in [0.5, 0.6) is 5.75 Å². The maximum atomic E-state index is 12.0. The average Bonchev–Trinajstić information content (AvgIpc) is 2.36. The SMILES string of the molecule is CCOc1cccc(CNC(C)CCCC(F)(F)F)c1. The van der Waals surface area contributed by atoms with Gasteiger partial charge in [0, 0.05) is 19.0 Å². The smallest absolute Gasteiger partial charge is 0.389 e. The maximum Gasteiger partial charge on any atom is 0.389 e. The number of benzene rings is 1. The molecule has 1 atom stereocenters. The van der Waals surface area contributed by atoms with Crippen LogP contribution in [0.1, 0.15) is 38.7 Å². The molecular weight excluding hydrogens is 267 g/mol. The lowest BCUT2D eigenvalue weighted by molar-refractivity contribution is -0.135. The molecule has 0 aromatic heterocycles. The van der Waals surface area contributed by atoms with Crippen LogP contribution in [0.2, 0.25) is 0 Å². The predicted molar refractivity (Wildman–Crippen MR) is 73.8 cm³/mol. The Kier molecular flexibility index (Phi) is 6.85. The molecule has 0 aliphatic heterocycles. The standard InChI is InChI=1S/C15H22F3NO/c1-3-20-14-8-4-7-13(10-14)11-19-12(2)6-5-9-15(16,17)18/h4,7-8,10,12,19H,3,5-6,9,11H2,1-2H3. The lowest BCUT2D eigenvalue weighted by Crippen LogP contribution is -2.25. The zero-order valence-electron chi connectivity index (χ0n) is 12.0. The molecule has 0 aliphatic rings. The molecule has 0 saturated heterocycles. The lowest BCUT2D eigenvalue weighted by Gasteiger charge is -2.15. The van der Waals surface area contributed by atoms with Gasteiger partial charge in [0.1, 0.15) is 5.75 Å². The van der Waals surface area contributed by atoms with Crippen LogP contribution in [0, 0.1) is 0 Å². The fraction of sp³-hybridized carbons (Fsp3) is 0.600. The summed E-state index contributed by atoms with van der Waals surface area (Å²) >= 11 is 0. The largest absolute Gasteiger partial charge is 0.494 e. The van der Waals surface area contributed by atoms with Crippen molar-refractivity contribution in [3.05, 3.63) is 29.8 Å². The van der Waals surface area contributed by atoms with Gasteiger partial charge >= 0.3 is 6.18 Å². The monoisotopic (exact) mass is 289 g/mol. The molecule has 5 heteroatoms. The summed E-state index contributed by atoms with van der Waals surface area (Å²) in [4.78, 5) is 0. The average molecular weight is 289 g/mol. The Bertz CT molecular complexity index is 393. The van der Waals surface area contributed by atoms with Crippen molar-refractivity contribution in [1.82, 2.24) is 5.32 Å². The quantitative estimate of drug-likeness (QED) is 0.770. The second-order valence-electron chi connectivity index (χ2n) is 4.87. The van der Waals surface area contributed by atoms with Gasteiger partial charge in [-0.1, -0.05) is 12.1 Å². The van der Waals surface area contributed by atoms with E-state index in [-0.39, 0.29) is 12.5 Å². The van der Waals surface area contributed by atoms with Crippen LogP contribution in [-0.4, -0.2) is 18.8 Å². The molecule has 1 unspecified atom stereocenters. The van der Waals surface area contributed by atoms with Crippen molar-refractivity contribution in [2.45, 2.75) is 51.9 Å². The van der Waals surface area contributed by atoms with Crippen LogP contribution in [0.15, 0.2) is 24.3 Å². The van der Waals surface area contributed by atoms with E-state index in [9.17, 15) is 13.2 Å². The summed E-state index contributed by atoms with van der Waals surface area (Å²) in [6.45, 7) is 5.08. The molecule has 2 nitrogen and oxygen atoms in total. The first-order valence-corrected chi connectivity index (χ1v) is 6.92.